The van der Waals surface area contributed by atoms with Gasteiger partial charge in [-0.25, -0.2) is 9.78 Å². The minimum absolute atomic E-state index is 0.0887. The zero-order valence-electron chi connectivity index (χ0n) is 18.7. The molecule has 0 aliphatic carbocycles. The lowest BCUT2D eigenvalue weighted by Crippen LogP contribution is -2.29. The van der Waals surface area contributed by atoms with Crippen molar-refractivity contribution in [2.75, 3.05) is 19.1 Å². The predicted molar refractivity (Wildman–Crippen MR) is 132 cm³/mol. The standard InChI is InChI=1S/C24H18Cl2N2O6S/c1-11-21(23(32)34-3)35-24(27-11)28-18(12-7-8-15(25)16(26)10-12)17(20(30)22(28)31)19(29)13-5-4-6-14(9-13)33-2/h4-10,18,29H,1-3H3/b19-17+. The van der Waals surface area contributed by atoms with Crippen LogP contribution in [0.2, 0.25) is 10.0 Å². The van der Waals surface area contributed by atoms with E-state index in [-0.39, 0.29) is 31.2 Å². The summed E-state index contributed by atoms with van der Waals surface area (Å²) in [6.07, 6.45) is 0. The molecule has 1 atom stereocenters. The lowest BCUT2D eigenvalue weighted by Gasteiger charge is -2.23. The molecule has 35 heavy (non-hydrogen) atoms. The van der Waals surface area contributed by atoms with Gasteiger partial charge in [-0.1, -0.05) is 52.7 Å². The molecular formula is C24H18Cl2N2O6S. The number of amides is 1. The number of aromatic nitrogens is 1. The van der Waals surface area contributed by atoms with E-state index < -0.39 is 29.5 Å². The third kappa shape index (κ3) is 4.38. The van der Waals surface area contributed by atoms with Crippen LogP contribution in [0, 0.1) is 6.92 Å². The van der Waals surface area contributed by atoms with Crippen molar-refractivity contribution in [1.82, 2.24) is 4.98 Å². The average Bonchev–Trinajstić information content (AvgIpc) is 3.36. The lowest BCUT2D eigenvalue weighted by molar-refractivity contribution is -0.132. The monoisotopic (exact) mass is 532 g/mol. The zero-order valence-corrected chi connectivity index (χ0v) is 21.0. The maximum absolute atomic E-state index is 13.3. The highest BCUT2D eigenvalue weighted by Crippen LogP contribution is 2.45. The molecule has 1 amide bonds. The molecule has 0 bridgehead atoms. The van der Waals surface area contributed by atoms with Gasteiger partial charge in [0.15, 0.2) is 5.13 Å². The first-order valence-corrected chi connectivity index (χ1v) is 11.7. The van der Waals surface area contributed by atoms with Crippen LogP contribution >= 0.6 is 34.5 Å². The fraction of sp³-hybridized carbons (Fsp3) is 0.167. The van der Waals surface area contributed by atoms with Gasteiger partial charge in [0.05, 0.1) is 41.6 Å². The van der Waals surface area contributed by atoms with Crippen LogP contribution < -0.4 is 9.64 Å². The topological polar surface area (TPSA) is 106 Å². The number of aryl methyl sites for hydroxylation is 1. The number of aliphatic hydroxyl groups is 1. The maximum Gasteiger partial charge on any atom is 0.350 e. The van der Waals surface area contributed by atoms with Gasteiger partial charge in [-0.3, -0.25) is 14.5 Å². The number of esters is 1. The summed E-state index contributed by atoms with van der Waals surface area (Å²) in [5.41, 5.74) is 0.849. The Morgan fingerprint density at radius 2 is 1.86 bits per heavy atom. The number of hydrogen-bond donors (Lipinski definition) is 1. The number of methoxy groups -OCH3 is 2. The molecule has 1 aliphatic rings. The van der Waals surface area contributed by atoms with Crippen LogP contribution in [0.3, 0.4) is 0 Å². The number of halogens is 2. The van der Waals surface area contributed by atoms with Gasteiger partial charge in [-0.2, -0.15) is 0 Å². The van der Waals surface area contributed by atoms with Crippen LogP contribution in [-0.2, 0) is 14.3 Å². The van der Waals surface area contributed by atoms with Gasteiger partial charge in [0.2, 0.25) is 0 Å². The van der Waals surface area contributed by atoms with Crippen molar-refractivity contribution >= 4 is 63.1 Å². The van der Waals surface area contributed by atoms with Crippen molar-refractivity contribution in [3.63, 3.8) is 0 Å². The van der Waals surface area contributed by atoms with Crippen molar-refractivity contribution < 1.29 is 29.0 Å². The van der Waals surface area contributed by atoms with E-state index >= 15 is 0 Å². The van der Waals surface area contributed by atoms with E-state index in [0.717, 1.165) is 16.2 Å². The molecule has 2 aromatic carbocycles. The first kappa shape index (κ1) is 24.7. The smallest absolute Gasteiger partial charge is 0.350 e. The largest absolute Gasteiger partial charge is 0.507 e. The number of benzene rings is 2. The molecule has 180 valence electrons. The molecule has 1 N–H and O–H groups in total. The molecular weight excluding hydrogens is 515 g/mol. The number of aliphatic hydroxyl groups excluding tert-OH is 1. The second-order valence-corrected chi connectivity index (χ2v) is 9.27. The Kier molecular flexibility index (Phi) is 6.84. The van der Waals surface area contributed by atoms with Crippen LogP contribution in [0.1, 0.15) is 32.5 Å². The number of ketones is 1. The summed E-state index contributed by atoms with van der Waals surface area (Å²) in [4.78, 5) is 44.3. The maximum atomic E-state index is 13.3. The summed E-state index contributed by atoms with van der Waals surface area (Å²) in [5, 5.41) is 11.8. The van der Waals surface area contributed by atoms with Crippen molar-refractivity contribution in [2.45, 2.75) is 13.0 Å². The number of hydrogen-bond acceptors (Lipinski definition) is 8. The molecule has 11 heteroatoms. The average molecular weight is 533 g/mol. The molecule has 0 saturated carbocycles. The number of carbonyl (C=O) groups excluding carboxylic acids is 3. The van der Waals surface area contributed by atoms with Gasteiger partial charge >= 0.3 is 11.9 Å². The lowest BCUT2D eigenvalue weighted by atomic mass is 9.95. The third-order valence-electron chi connectivity index (χ3n) is 5.41. The van der Waals surface area contributed by atoms with E-state index in [4.69, 9.17) is 32.7 Å². The van der Waals surface area contributed by atoms with Gasteiger partial charge < -0.3 is 14.6 Å². The van der Waals surface area contributed by atoms with Crippen LogP contribution in [0.15, 0.2) is 48.0 Å². The van der Waals surface area contributed by atoms with E-state index in [1.165, 1.54) is 32.4 Å². The second-order valence-electron chi connectivity index (χ2n) is 7.48. The fourth-order valence-corrected chi connectivity index (χ4v) is 5.04. The minimum Gasteiger partial charge on any atom is -0.507 e. The third-order valence-corrected chi connectivity index (χ3v) is 7.28. The first-order chi connectivity index (χ1) is 16.7. The number of anilines is 1. The predicted octanol–water partition coefficient (Wildman–Crippen LogP) is 5.18. The van der Waals surface area contributed by atoms with Gasteiger partial charge in [0, 0.05) is 5.56 Å². The molecule has 3 aromatic rings. The van der Waals surface area contributed by atoms with Crippen molar-refractivity contribution in [3.8, 4) is 5.75 Å². The highest BCUT2D eigenvalue weighted by Gasteiger charge is 2.48. The first-order valence-electron chi connectivity index (χ1n) is 10.1. The fourth-order valence-electron chi connectivity index (χ4n) is 3.72. The Morgan fingerprint density at radius 1 is 1.11 bits per heavy atom. The van der Waals surface area contributed by atoms with Crippen molar-refractivity contribution in [1.29, 1.82) is 0 Å². The van der Waals surface area contributed by atoms with E-state index in [9.17, 15) is 19.5 Å². The van der Waals surface area contributed by atoms with Gasteiger partial charge in [-0.05, 0) is 36.8 Å². The number of thiazole rings is 1. The SMILES string of the molecule is COC(=O)c1sc(N2C(=O)C(=O)/C(=C(/O)c3cccc(OC)c3)C2c2ccc(Cl)c(Cl)c2)nc1C. The van der Waals surface area contributed by atoms with E-state index in [1.807, 2.05) is 0 Å². The van der Waals surface area contributed by atoms with Crippen LogP contribution in [0.5, 0.6) is 5.75 Å². The molecule has 1 aromatic heterocycles. The van der Waals surface area contributed by atoms with Crippen molar-refractivity contribution in [2.24, 2.45) is 0 Å². The molecule has 0 radical (unpaired) electrons. The van der Waals surface area contributed by atoms with Gasteiger partial charge in [-0.15, -0.1) is 0 Å². The summed E-state index contributed by atoms with van der Waals surface area (Å²) >= 11 is 13.2. The van der Waals surface area contributed by atoms with E-state index in [0.29, 0.717) is 17.0 Å². The van der Waals surface area contributed by atoms with Crippen molar-refractivity contribution in [3.05, 3.63) is 79.8 Å². The quantitative estimate of drug-likeness (QED) is 0.209. The molecule has 8 nitrogen and oxygen atoms in total. The Hall–Kier alpha value is -3.40. The minimum atomic E-state index is -1.09. The molecule has 0 spiro atoms. The summed E-state index contributed by atoms with van der Waals surface area (Å²) in [6.45, 7) is 1.59. The van der Waals surface area contributed by atoms with Crippen LogP contribution in [0.25, 0.3) is 5.76 Å². The normalized spacial score (nSPS) is 17.1. The number of Topliss-reactive ketones (excluding diaryl/α,β-unsaturated/α-hetero) is 1. The Balaban J connectivity index is 1.96. The van der Waals surface area contributed by atoms with Crippen LogP contribution in [-0.4, -0.2) is 42.0 Å². The molecule has 2 heterocycles. The molecule has 1 aliphatic heterocycles. The molecule has 1 unspecified atom stereocenters. The Bertz CT molecular complexity index is 1400. The van der Waals surface area contributed by atoms with E-state index in [1.54, 1.807) is 31.2 Å². The number of carbonyl (C=O) groups is 3. The summed E-state index contributed by atoms with van der Waals surface area (Å²) < 4.78 is 10.0. The highest BCUT2D eigenvalue weighted by atomic mass is 35.5. The summed E-state index contributed by atoms with van der Waals surface area (Å²) in [5.74, 6) is -2.41. The van der Waals surface area contributed by atoms with Gasteiger partial charge in [0.1, 0.15) is 16.4 Å². The zero-order chi connectivity index (χ0) is 25.4. The molecule has 1 saturated heterocycles. The number of rotatable bonds is 5. The second kappa shape index (κ2) is 9.69. The Labute approximate surface area is 214 Å². The number of ether oxygens (including phenoxy) is 2. The molecule has 1 fully saturated rings. The van der Waals surface area contributed by atoms with Gasteiger partial charge in [0.25, 0.3) is 5.78 Å². The van der Waals surface area contributed by atoms with Crippen LogP contribution in [0.4, 0.5) is 5.13 Å². The summed E-state index contributed by atoms with van der Waals surface area (Å²) in [7, 11) is 2.70. The van der Waals surface area contributed by atoms with E-state index in [2.05, 4.69) is 4.98 Å². The molecule has 4 rings (SSSR count). The highest BCUT2D eigenvalue weighted by molar-refractivity contribution is 7.17. The number of nitrogens with zero attached hydrogens (tertiary/aromatic N) is 2. The summed E-state index contributed by atoms with van der Waals surface area (Å²) in [6, 6.07) is 9.98. The Morgan fingerprint density at radius 3 is 2.51 bits per heavy atom.